The number of hydrogen-bond acceptors (Lipinski definition) is 3. The maximum Gasteiger partial charge on any atom is 0.248 e. The lowest BCUT2D eigenvalue weighted by atomic mass is 10.1. The molecule has 0 saturated heterocycles. The summed E-state index contributed by atoms with van der Waals surface area (Å²) in [6.07, 6.45) is 0. The number of hydrogen-bond donors (Lipinski definition) is 3. The van der Waals surface area contributed by atoms with E-state index >= 15 is 0 Å². The topological polar surface area (TPSA) is 84.2 Å². The standard InChI is InChI=1S/C14H21N3O2/c1-9(2)8-16-14(19)10(3)17-12-6-4-5-11(7-12)13(15)18/h4-7,9-10,17H,8H2,1-3H3,(H2,15,18)(H,16,19)/t10-/m1/s1. The van der Waals surface area contributed by atoms with Crippen LogP contribution in [0.25, 0.3) is 0 Å². The Balaban J connectivity index is 2.61. The fourth-order valence-electron chi connectivity index (χ4n) is 1.54. The van der Waals surface area contributed by atoms with Crippen molar-refractivity contribution < 1.29 is 9.59 Å². The van der Waals surface area contributed by atoms with Gasteiger partial charge >= 0.3 is 0 Å². The minimum absolute atomic E-state index is 0.0711. The zero-order valence-electron chi connectivity index (χ0n) is 11.6. The Morgan fingerprint density at radius 3 is 2.53 bits per heavy atom. The first kappa shape index (κ1) is 15.0. The number of rotatable bonds is 6. The average molecular weight is 263 g/mol. The monoisotopic (exact) mass is 263 g/mol. The van der Waals surface area contributed by atoms with Gasteiger partial charge in [0.05, 0.1) is 0 Å². The Labute approximate surface area is 113 Å². The Morgan fingerprint density at radius 1 is 1.26 bits per heavy atom. The number of carbonyl (C=O) groups excluding carboxylic acids is 2. The summed E-state index contributed by atoms with van der Waals surface area (Å²) in [7, 11) is 0. The van der Waals surface area contributed by atoms with Gasteiger partial charge in [0.2, 0.25) is 11.8 Å². The molecule has 0 saturated carbocycles. The van der Waals surface area contributed by atoms with Crippen LogP contribution in [-0.4, -0.2) is 24.4 Å². The molecule has 0 aliphatic rings. The Kier molecular flexibility index (Phi) is 5.36. The van der Waals surface area contributed by atoms with E-state index in [9.17, 15) is 9.59 Å². The van der Waals surface area contributed by atoms with Crippen LogP contribution >= 0.6 is 0 Å². The molecule has 0 fully saturated rings. The van der Waals surface area contributed by atoms with Crippen molar-refractivity contribution in [2.24, 2.45) is 11.7 Å². The Bertz CT molecular complexity index is 458. The lowest BCUT2D eigenvalue weighted by Gasteiger charge is -2.16. The maximum atomic E-state index is 11.8. The fraction of sp³-hybridized carbons (Fsp3) is 0.429. The van der Waals surface area contributed by atoms with Crippen LogP contribution in [-0.2, 0) is 4.79 Å². The first-order chi connectivity index (χ1) is 8.90. The van der Waals surface area contributed by atoms with Gasteiger partial charge in [0, 0.05) is 17.8 Å². The lowest BCUT2D eigenvalue weighted by Crippen LogP contribution is -2.39. The molecule has 1 rings (SSSR count). The van der Waals surface area contributed by atoms with E-state index in [0.29, 0.717) is 23.7 Å². The van der Waals surface area contributed by atoms with Gasteiger partial charge in [-0.1, -0.05) is 19.9 Å². The van der Waals surface area contributed by atoms with Crippen LogP contribution in [0, 0.1) is 5.92 Å². The minimum Gasteiger partial charge on any atom is -0.374 e. The largest absolute Gasteiger partial charge is 0.374 e. The van der Waals surface area contributed by atoms with Crippen molar-refractivity contribution in [3.63, 3.8) is 0 Å². The van der Waals surface area contributed by atoms with Gasteiger partial charge in [0.15, 0.2) is 0 Å². The highest BCUT2D eigenvalue weighted by Crippen LogP contribution is 2.11. The van der Waals surface area contributed by atoms with E-state index in [4.69, 9.17) is 5.73 Å². The predicted octanol–water partition coefficient (Wildman–Crippen LogP) is 1.36. The van der Waals surface area contributed by atoms with Crippen LogP contribution in [0.5, 0.6) is 0 Å². The summed E-state index contributed by atoms with van der Waals surface area (Å²) in [5.74, 6) is -0.145. The molecule has 0 aliphatic heterocycles. The van der Waals surface area contributed by atoms with Crippen LogP contribution in [0.3, 0.4) is 0 Å². The summed E-state index contributed by atoms with van der Waals surface area (Å²) in [5.41, 5.74) is 6.32. The molecule has 1 atom stereocenters. The molecule has 0 heterocycles. The lowest BCUT2D eigenvalue weighted by molar-refractivity contribution is -0.121. The average Bonchev–Trinajstić information content (AvgIpc) is 2.36. The highest BCUT2D eigenvalue weighted by molar-refractivity contribution is 5.94. The maximum absolute atomic E-state index is 11.8. The number of carbonyl (C=O) groups is 2. The molecule has 1 aromatic rings. The molecule has 0 unspecified atom stereocenters. The van der Waals surface area contributed by atoms with E-state index in [1.807, 2.05) is 13.8 Å². The van der Waals surface area contributed by atoms with Crippen LogP contribution in [0.4, 0.5) is 5.69 Å². The van der Waals surface area contributed by atoms with Gasteiger partial charge in [-0.2, -0.15) is 0 Å². The highest BCUT2D eigenvalue weighted by atomic mass is 16.2. The first-order valence-electron chi connectivity index (χ1n) is 6.34. The van der Waals surface area contributed by atoms with Gasteiger partial charge in [0.1, 0.15) is 6.04 Å². The third-order valence-corrected chi connectivity index (χ3v) is 2.61. The number of benzene rings is 1. The predicted molar refractivity (Wildman–Crippen MR) is 75.9 cm³/mol. The van der Waals surface area contributed by atoms with Crippen molar-refractivity contribution in [2.75, 3.05) is 11.9 Å². The van der Waals surface area contributed by atoms with E-state index in [-0.39, 0.29) is 11.9 Å². The zero-order valence-corrected chi connectivity index (χ0v) is 11.6. The van der Waals surface area contributed by atoms with Crippen LogP contribution < -0.4 is 16.4 Å². The van der Waals surface area contributed by atoms with Crippen LogP contribution in [0.1, 0.15) is 31.1 Å². The Hall–Kier alpha value is -2.04. The molecule has 0 aliphatic carbocycles. The number of nitrogens with one attached hydrogen (secondary N) is 2. The van der Waals surface area contributed by atoms with Gasteiger partial charge in [-0.3, -0.25) is 9.59 Å². The van der Waals surface area contributed by atoms with E-state index < -0.39 is 5.91 Å². The SMILES string of the molecule is CC(C)CNC(=O)[C@@H](C)Nc1cccc(C(N)=O)c1. The second-order valence-electron chi connectivity index (χ2n) is 4.95. The molecular formula is C14H21N3O2. The zero-order chi connectivity index (χ0) is 14.4. The molecule has 5 heteroatoms. The smallest absolute Gasteiger partial charge is 0.248 e. The molecule has 0 aromatic heterocycles. The molecule has 0 spiro atoms. The second kappa shape index (κ2) is 6.78. The molecule has 0 bridgehead atoms. The molecular weight excluding hydrogens is 242 g/mol. The number of primary amides is 1. The number of anilines is 1. The van der Waals surface area contributed by atoms with E-state index in [2.05, 4.69) is 10.6 Å². The van der Waals surface area contributed by atoms with E-state index in [1.54, 1.807) is 31.2 Å². The summed E-state index contributed by atoms with van der Waals surface area (Å²) in [4.78, 5) is 22.9. The third-order valence-electron chi connectivity index (χ3n) is 2.61. The van der Waals surface area contributed by atoms with Crippen molar-refractivity contribution >= 4 is 17.5 Å². The molecule has 2 amide bonds. The summed E-state index contributed by atoms with van der Waals surface area (Å²) in [6.45, 7) is 6.49. The van der Waals surface area contributed by atoms with Crippen molar-refractivity contribution in [2.45, 2.75) is 26.8 Å². The van der Waals surface area contributed by atoms with Gasteiger partial charge in [-0.25, -0.2) is 0 Å². The summed E-state index contributed by atoms with van der Waals surface area (Å²) in [5, 5.41) is 5.89. The van der Waals surface area contributed by atoms with Gasteiger partial charge in [-0.15, -0.1) is 0 Å². The normalized spacial score (nSPS) is 12.0. The third kappa shape index (κ3) is 4.99. The van der Waals surface area contributed by atoms with Crippen LogP contribution in [0.2, 0.25) is 0 Å². The second-order valence-corrected chi connectivity index (χ2v) is 4.95. The minimum atomic E-state index is -0.486. The molecule has 19 heavy (non-hydrogen) atoms. The fourth-order valence-corrected chi connectivity index (χ4v) is 1.54. The van der Waals surface area contributed by atoms with Crippen molar-refractivity contribution in [1.82, 2.24) is 5.32 Å². The summed E-state index contributed by atoms with van der Waals surface area (Å²) >= 11 is 0. The quantitative estimate of drug-likeness (QED) is 0.724. The number of amides is 2. The van der Waals surface area contributed by atoms with E-state index in [0.717, 1.165) is 0 Å². The van der Waals surface area contributed by atoms with Crippen LogP contribution in [0.15, 0.2) is 24.3 Å². The first-order valence-corrected chi connectivity index (χ1v) is 6.34. The van der Waals surface area contributed by atoms with E-state index in [1.165, 1.54) is 0 Å². The molecule has 5 nitrogen and oxygen atoms in total. The van der Waals surface area contributed by atoms with Gasteiger partial charge in [0.25, 0.3) is 0 Å². The van der Waals surface area contributed by atoms with Crippen molar-refractivity contribution in [1.29, 1.82) is 0 Å². The summed E-state index contributed by atoms with van der Waals surface area (Å²) in [6, 6.07) is 6.41. The van der Waals surface area contributed by atoms with Gasteiger partial charge < -0.3 is 16.4 Å². The molecule has 0 radical (unpaired) electrons. The van der Waals surface area contributed by atoms with Crippen molar-refractivity contribution in [3.8, 4) is 0 Å². The summed E-state index contributed by atoms with van der Waals surface area (Å²) < 4.78 is 0. The molecule has 104 valence electrons. The highest BCUT2D eigenvalue weighted by Gasteiger charge is 2.13. The van der Waals surface area contributed by atoms with Gasteiger partial charge in [-0.05, 0) is 31.0 Å². The molecule has 1 aromatic carbocycles. The van der Waals surface area contributed by atoms with Crippen molar-refractivity contribution in [3.05, 3.63) is 29.8 Å². The Morgan fingerprint density at radius 2 is 1.95 bits per heavy atom. The number of nitrogens with two attached hydrogens (primary N) is 1. The molecule has 4 N–H and O–H groups in total.